The molecule has 0 aromatic heterocycles. The predicted molar refractivity (Wildman–Crippen MR) is 117 cm³/mol. The van der Waals surface area contributed by atoms with Gasteiger partial charge in [-0.15, -0.1) is 0 Å². The molecule has 9 heteroatoms. The fourth-order valence-corrected chi connectivity index (χ4v) is 4.64. The Balaban J connectivity index is 1.48. The largest absolute Gasteiger partial charge is 0.489 e. The second-order valence-corrected chi connectivity index (χ2v) is 9.51. The van der Waals surface area contributed by atoms with E-state index < -0.39 is 17.3 Å². The molecule has 1 N–H and O–H groups in total. The number of benzene rings is 1. The molecule has 1 amide bonds. The van der Waals surface area contributed by atoms with Gasteiger partial charge in [-0.2, -0.15) is 13.2 Å². The highest BCUT2D eigenvalue weighted by Gasteiger charge is 2.40. The van der Waals surface area contributed by atoms with Crippen molar-refractivity contribution in [3.05, 3.63) is 29.8 Å². The number of methoxy groups -OCH3 is 1. The van der Waals surface area contributed by atoms with Gasteiger partial charge < -0.3 is 14.8 Å². The van der Waals surface area contributed by atoms with Crippen molar-refractivity contribution in [2.24, 2.45) is 11.8 Å². The summed E-state index contributed by atoms with van der Waals surface area (Å²) in [6.07, 6.45) is -0.776. The lowest BCUT2D eigenvalue weighted by atomic mass is 9.82. The normalized spacial score (nSPS) is 24.4. The molecule has 2 aliphatic rings. The quantitative estimate of drug-likeness (QED) is 0.610. The molecule has 184 valence electrons. The number of carbonyl (C=O) groups excluding carboxylic acids is 2. The number of alkyl halides is 3. The molecule has 1 saturated carbocycles. The van der Waals surface area contributed by atoms with Crippen LogP contribution in [0.3, 0.4) is 0 Å². The van der Waals surface area contributed by atoms with Gasteiger partial charge in [0.1, 0.15) is 11.9 Å². The summed E-state index contributed by atoms with van der Waals surface area (Å²) >= 11 is 0. The van der Waals surface area contributed by atoms with Gasteiger partial charge in [-0.1, -0.05) is 6.07 Å². The lowest BCUT2D eigenvalue weighted by Gasteiger charge is -2.35. The van der Waals surface area contributed by atoms with Gasteiger partial charge in [0.05, 0.1) is 24.1 Å². The summed E-state index contributed by atoms with van der Waals surface area (Å²) in [5.74, 6) is 0.228. The van der Waals surface area contributed by atoms with Crippen molar-refractivity contribution in [3.8, 4) is 5.75 Å². The third-order valence-electron chi connectivity index (χ3n) is 6.89. The van der Waals surface area contributed by atoms with Crippen LogP contribution < -0.4 is 10.1 Å². The van der Waals surface area contributed by atoms with Crippen molar-refractivity contribution in [1.29, 1.82) is 0 Å². The van der Waals surface area contributed by atoms with Crippen LogP contribution in [-0.2, 0) is 20.5 Å². The van der Waals surface area contributed by atoms with Crippen molar-refractivity contribution in [3.63, 3.8) is 0 Å². The molecule has 1 aliphatic carbocycles. The number of halogens is 3. The first-order valence-corrected chi connectivity index (χ1v) is 11.5. The van der Waals surface area contributed by atoms with E-state index in [1.807, 2.05) is 18.7 Å². The number of ether oxygens (including phenoxy) is 2. The zero-order chi connectivity index (χ0) is 24.2. The Kier molecular flexibility index (Phi) is 7.92. The van der Waals surface area contributed by atoms with Crippen molar-refractivity contribution < 1.29 is 32.2 Å². The summed E-state index contributed by atoms with van der Waals surface area (Å²) in [5, 5.41) is 3.05. The number of esters is 1. The molecular weight excluding hydrogens is 437 g/mol. The summed E-state index contributed by atoms with van der Waals surface area (Å²) in [6, 6.07) is 4.88. The molecule has 6 nitrogen and oxygen atoms in total. The highest BCUT2D eigenvalue weighted by molar-refractivity contribution is 5.85. The molecular formula is C24H33F3N2O4. The molecule has 1 aromatic carbocycles. The Morgan fingerprint density at radius 2 is 1.82 bits per heavy atom. The summed E-state index contributed by atoms with van der Waals surface area (Å²) < 4.78 is 49.4. The van der Waals surface area contributed by atoms with Crippen molar-refractivity contribution in [2.45, 2.75) is 63.8 Å². The van der Waals surface area contributed by atoms with E-state index >= 15 is 0 Å². The fourth-order valence-electron chi connectivity index (χ4n) is 4.64. The number of carbonyl (C=O) groups is 2. The number of hydrogen-bond donors (Lipinski definition) is 1. The number of nitrogens with zero attached hydrogens (tertiary/aromatic N) is 1. The van der Waals surface area contributed by atoms with Crippen LogP contribution in [0.25, 0.3) is 0 Å². The first-order chi connectivity index (χ1) is 15.5. The van der Waals surface area contributed by atoms with E-state index in [9.17, 15) is 22.8 Å². The molecule has 1 aliphatic heterocycles. The number of amides is 1. The van der Waals surface area contributed by atoms with Gasteiger partial charge in [0.25, 0.3) is 0 Å². The lowest BCUT2D eigenvalue weighted by Crippen LogP contribution is -2.55. The number of rotatable bonds is 7. The zero-order valence-electron chi connectivity index (χ0n) is 19.4. The van der Waals surface area contributed by atoms with Crippen LogP contribution in [0.4, 0.5) is 13.2 Å². The van der Waals surface area contributed by atoms with Gasteiger partial charge in [-0.25, -0.2) is 0 Å². The number of hydrogen-bond acceptors (Lipinski definition) is 5. The van der Waals surface area contributed by atoms with Gasteiger partial charge in [0.2, 0.25) is 5.91 Å². The monoisotopic (exact) mass is 470 g/mol. The first-order valence-electron chi connectivity index (χ1n) is 11.5. The minimum Gasteiger partial charge on any atom is -0.489 e. The van der Waals surface area contributed by atoms with E-state index in [4.69, 9.17) is 9.47 Å². The third-order valence-corrected chi connectivity index (χ3v) is 6.89. The molecule has 3 rings (SSSR count). The van der Waals surface area contributed by atoms with Crippen LogP contribution in [-0.4, -0.2) is 55.2 Å². The van der Waals surface area contributed by atoms with Crippen LogP contribution >= 0.6 is 0 Å². The average Bonchev–Trinajstić information content (AvgIpc) is 3.26. The first kappa shape index (κ1) is 25.3. The summed E-state index contributed by atoms with van der Waals surface area (Å²) in [4.78, 5) is 26.6. The van der Waals surface area contributed by atoms with Crippen LogP contribution in [0.15, 0.2) is 24.3 Å². The SMILES string of the molecule is COC(=O)C1CCC(CNC(=O)C(C)(C)N2CC[C@@H](Oc3cccc(C(F)(F)F)c3)C2)CC1. The second-order valence-electron chi connectivity index (χ2n) is 9.51. The molecule has 33 heavy (non-hydrogen) atoms. The van der Waals surface area contributed by atoms with Gasteiger partial charge >= 0.3 is 12.1 Å². The summed E-state index contributed by atoms with van der Waals surface area (Å²) in [7, 11) is 1.41. The standard InChI is InChI=1S/C24H33F3N2O4/c1-23(2,22(31)28-14-16-7-9-17(10-8-16)21(30)32-3)29-12-11-20(15-29)33-19-6-4-5-18(13-19)24(25,26)27/h4-6,13,16-17,20H,7-12,14-15H2,1-3H3,(H,28,31)/t16?,17?,20-/m1/s1. The maximum absolute atomic E-state index is 12.9. The van der Waals surface area contributed by atoms with E-state index in [0.717, 1.165) is 37.8 Å². The van der Waals surface area contributed by atoms with Crippen LogP contribution in [0, 0.1) is 11.8 Å². The van der Waals surface area contributed by atoms with Crippen LogP contribution in [0.2, 0.25) is 0 Å². The zero-order valence-corrected chi connectivity index (χ0v) is 19.4. The van der Waals surface area contributed by atoms with E-state index in [2.05, 4.69) is 5.32 Å². The minimum absolute atomic E-state index is 0.0447. The summed E-state index contributed by atoms with van der Waals surface area (Å²) in [5.41, 5.74) is -1.51. The molecule has 1 saturated heterocycles. The van der Waals surface area contributed by atoms with Gasteiger partial charge in [0.15, 0.2) is 0 Å². The number of nitrogens with one attached hydrogen (secondary N) is 1. The third kappa shape index (κ3) is 6.40. The van der Waals surface area contributed by atoms with Gasteiger partial charge in [-0.05, 0) is 70.1 Å². The van der Waals surface area contributed by atoms with Crippen LogP contribution in [0.5, 0.6) is 5.75 Å². The van der Waals surface area contributed by atoms with E-state index in [1.165, 1.54) is 19.2 Å². The van der Waals surface area contributed by atoms with Crippen molar-refractivity contribution >= 4 is 11.9 Å². The fraction of sp³-hybridized carbons (Fsp3) is 0.667. The molecule has 1 aromatic rings. The average molecular weight is 471 g/mol. The molecule has 1 heterocycles. The highest BCUT2D eigenvalue weighted by atomic mass is 19.4. The smallest absolute Gasteiger partial charge is 0.416 e. The summed E-state index contributed by atoms with van der Waals surface area (Å²) in [6.45, 7) is 5.34. The Morgan fingerprint density at radius 1 is 1.12 bits per heavy atom. The van der Waals surface area contributed by atoms with Crippen LogP contribution in [0.1, 0.15) is 51.5 Å². The van der Waals surface area contributed by atoms with Crippen molar-refractivity contribution in [2.75, 3.05) is 26.7 Å². The molecule has 0 spiro atoms. The lowest BCUT2D eigenvalue weighted by molar-refractivity contribution is -0.147. The molecule has 0 unspecified atom stereocenters. The Bertz CT molecular complexity index is 835. The molecule has 0 bridgehead atoms. The van der Waals surface area contributed by atoms with E-state index in [-0.39, 0.29) is 29.6 Å². The highest BCUT2D eigenvalue weighted by Crippen LogP contribution is 2.33. The molecule has 1 atom stereocenters. The maximum atomic E-state index is 12.9. The van der Waals surface area contributed by atoms with Gasteiger partial charge in [0, 0.05) is 19.6 Å². The topological polar surface area (TPSA) is 67.9 Å². The second kappa shape index (κ2) is 10.3. The van der Waals surface area contributed by atoms with Crippen molar-refractivity contribution in [1.82, 2.24) is 10.2 Å². The molecule has 2 fully saturated rings. The Morgan fingerprint density at radius 3 is 2.45 bits per heavy atom. The van der Waals surface area contributed by atoms with E-state index in [1.54, 1.807) is 0 Å². The predicted octanol–water partition coefficient (Wildman–Crippen LogP) is 4.03. The number of likely N-dealkylation sites (tertiary alicyclic amines) is 1. The Labute approximate surface area is 192 Å². The molecule has 0 radical (unpaired) electrons. The maximum Gasteiger partial charge on any atom is 0.416 e. The van der Waals surface area contributed by atoms with Gasteiger partial charge in [-0.3, -0.25) is 14.5 Å². The van der Waals surface area contributed by atoms with E-state index in [0.29, 0.717) is 32.0 Å². The Hall–Kier alpha value is -2.29. The minimum atomic E-state index is -4.42.